The molecule has 0 aliphatic carbocycles. The molecular weight excluding hydrogens is 432 g/mol. The molecule has 1 aliphatic rings. The normalized spacial score (nSPS) is 12.1. The molecule has 0 saturated carbocycles. The maximum absolute atomic E-state index is 12.8. The van der Waals surface area contributed by atoms with Crippen molar-refractivity contribution in [2.24, 2.45) is 0 Å². The zero-order chi connectivity index (χ0) is 24.1. The number of allylic oxidation sites excluding steroid dienone is 1. The number of hydrogen-bond acceptors (Lipinski definition) is 8. The first-order chi connectivity index (χ1) is 16.5. The van der Waals surface area contributed by atoms with Crippen molar-refractivity contribution in [1.82, 2.24) is 9.97 Å². The number of anilines is 3. The molecule has 0 unspecified atom stereocenters. The van der Waals surface area contributed by atoms with Crippen molar-refractivity contribution in [2.75, 3.05) is 29.2 Å². The molecular formula is C25H22N6O3. The van der Waals surface area contributed by atoms with Crippen LogP contribution >= 0.6 is 0 Å². The highest BCUT2D eigenvalue weighted by atomic mass is 16.5. The van der Waals surface area contributed by atoms with E-state index in [4.69, 9.17) is 4.74 Å². The van der Waals surface area contributed by atoms with E-state index in [9.17, 15) is 14.9 Å². The first kappa shape index (κ1) is 22.5. The van der Waals surface area contributed by atoms with Gasteiger partial charge in [-0.25, -0.2) is 9.97 Å². The summed E-state index contributed by atoms with van der Waals surface area (Å²) >= 11 is 0. The molecule has 3 aromatic rings. The van der Waals surface area contributed by atoms with Crippen LogP contribution in [0.25, 0.3) is 0 Å². The number of Topliss-reactive ketones (excluding diaryl/α,β-unsaturated/α-hetero) is 1. The molecule has 2 heterocycles. The van der Waals surface area contributed by atoms with Gasteiger partial charge in [-0.2, -0.15) is 5.26 Å². The number of nitriles is 1. The smallest absolute Gasteiger partial charge is 0.321 e. The Hall–Kier alpha value is -4.71. The second-order valence-electron chi connectivity index (χ2n) is 7.55. The summed E-state index contributed by atoms with van der Waals surface area (Å²) in [7, 11) is 3.62. The third-order valence-corrected chi connectivity index (χ3v) is 5.32. The number of carbonyl (C=O) groups is 2. The number of ketones is 1. The molecule has 0 radical (unpaired) electrons. The SMILES string of the molecule is CN1C(=C(C#N)C(=O)CCC(=O)Nc2ccc(Oc3ncccn3)cc2)N(C)c2ccccc21. The number of fused-ring (bicyclic) bond motifs is 1. The van der Waals surface area contributed by atoms with Crippen LogP contribution in [0.1, 0.15) is 12.8 Å². The van der Waals surface area contributed by atoms with Gasteiger partial charge in [-0.1, -0.05) is 12.1 Å². The Kier molecular flexibility index (Phi) is 6.50. The summed E-state index contributed by atoms with van der Waals surface area (Å²) < 4.78 is 5.52. The number of nitrogens with one attached hydrogen (secondary N) is 1. The Morgan fingerprint density at radius 1 is 0.941 bits per heavy atom. The number of aromatic nitrogens is 2. The predicted octanol–water partition coefficient (Wildman–Crippen LogP) is 3.88. The lowest BCUT2D eigenvalue weighted by atomic mass is 10.1. The molecule has 0 saturated heterocycles. The Morgan fingerprint density at radius 3 is 2.15 bits per heavy atom. The Morgan fingerprint density at radius 2 is 1.56 bits per heavy atom. The number of carbonyl (C=O) groups excluding carboxylic acids is 2. The van der Waals surface area contributed by atoms with E-state index in [2.05, 4.69) is 15.3 Å². The largest absolute Gasteiger partial charge is 0.424 e. The van der Waals surface area contributed by atoms with Crippen molar-refractivity contribution >= 4 is 28.8 Å². The van der Waals surface area contributed by atoms with Crippen LogP contribution < -0.4 is 19.9 Å². The average molecular weight is 454 g/mol. The Bertz CT molecular complexity index is 1250. The maximum Gasteiger partial charge on any atom is 0.321 e. The fourth-order valence-corrected chi connectivity index (χ4v) is 3.68. The van der Waals surface area contributed by atoms with Crippen molar-refractivity contribution in [2.45, 2.75) is 12.8 Å². The number of para-hydroxylation sites is 2. The number of amides is 1. The van der Waals surface area contributed by atoms with E-state index in [1.165, 1.54) is 0 Å². The highest BCUT2D eigenvalue weighted by Crippen LogP contribution is 2.40. The third-order valence-electron chi connectivity index (χ3n) is 5.32. The van der Waals surface area contributed by atoms with Crippen LogP contribution in [0.2, 0.25) is 0 Å². The van der Waals surface area contributed by atoms with Crippen LogP contribution in [0, 0.1) is 11.3 Å². The summed E-state index contributed by atoms with van der Waals surface area (Å²) in [6, 6.07) is 18.3. The number of rotatable bonds is 7. The third kappa shape index (κ3) is 4.71. The van der Waals surface area contributed by atoms with E-state index < -0.39 is 0 Å². The van der Waals surface area contributed by atoms with Crippen LogP contribution in [-0.2, 0) is 9.59 Å². The van der Waals surface area contributed by atoms with E-state index in [0.717, 1.165) is 11.4 Å². The molecule has 4 rings (SSSR count). The fourth-order valence-electron chi connectivity index (χ4n) is 3.68. The van der Waals surface area contributed by atoms with Crippen LogP contribution in [0.5, 0.6) is 11.8 Å². The number of nitrogens with zero attached hydrogens (tertiary/aromatic N) is 5. The van der Waals surface area contributed by atoms with E-state index in [1.807, 2.05) is 54.2 Å². The first-order valence-electron chi connectivity index (χ1n) is 10.6. The first-order valence-corrected chi connectivity index (χ1v) is 10.6. The van der Waals surface area contributed by atoms with Crippen LogP contribution in [0.15, 0.2) is 78.4 Å². The molecule has 9 heteroatoms. The lowest BCUT2D eigenvalue weighted by Gasteiger charge is -2.19. The van der Waals surface area contributed by atoms with Gasteiger partial charge in [0.15, 0.2) is 5.78 Å². The minimum Gasteiger partial charge on any atom is -0.424 e. The van der Waals surface area contributed by atoms with Gasteiger partial charge in [0, 0.05) is 45.0 Å². The molecule has 0 fully saturated rings. The minimum atomic E-state index is -0.384. The topological polar surface area (TPSA) is 111 Å². The van der Waals surface area contributed by atoms with Crippen molar-refractivity contribution in [3.8, 4) is 17.8 Å². The van der Waals surface area contributed by atoms with Gasteiger partial charge in [-0.15, -0.1) is 0 Å². The van der Waals surface area contributed by atoms with Crippen LogP contribution in [-0.4, -0.2) is 35.8 Å². The standard InChI is InChI=1S/C25H22N6O3/c1-30-20-6-3-4-7-21(20)31(2)24(30)19(16-26)22(32)12-13-23(33)29-17-8-10-18(11-9-17)34-25-27-14-5-15-28-25/h3-11,14-15H,12-13H2,1-2H3,(H,29,33). The molecule has 2 aromatic carbocycles. The Labute approximate surface area is 196 Å². The molecule has 170 valence electrons. The van der Waals surface area contributed by atoms with E-state index in [0.29, 0.717) is 17.3 Å². The zero-order valence-corrected chi connectivity index (χ0v) is 18.7. The molecule has 0 spiro atoms. The molecule has 1 aliphatic heterocycles. The van der Waals surface area contributed by atoms with Gasteiger partial charge < -0.3 is 19.9 Å². The van der Waals surface area contributed by atoms with Crippen molar-refractivity contribution in [1.29, 1.82) is 5.26 Å². The van der Waals surface area contributed by atoms with Gasteiger partial charge in [-0.05, 0) is 42.5 Å². The summed E-state index contributed by atoms with van der Waals surface area (Å²) in [5, 5.41) is 12.4. The van der Waals surface area contributed by atoms with Crippen LogP contribution in [0.3, 0.4) is 0 Å². The van der Waals surface area contributed by atoms with E-state index in [-0.39, 0.29) is 36.1 Å². The highest BCUT2D eigenvalue weighted by molar-refractivity contribution is 6.04. The summed E-state index contributed by atoms with van der Waals surface area (Å²) in [5.41, 5.74) is 2.40. The highest BCUT2D eigenvalue weighted by Gasteiger charge is 2.31. The van der Waals surface area contributed by atoms with Crippen LogP contribution in [0.4, 0.5) is 17.1 Å². The molecule has 0 atom stereocenters. The summed E-state index contributed by atoms with van der Waals surface area (Å²) in [4.78, 5) is 36.8. The fraction of sp³-hybridized carbons (Fsp3) is 0.160. The number of benzene rings is 2. The predicted molar refractivity (Wildman–Crippen MR) is 127 cm³/mol. The van der Waals surface area contributed by atoms with Gasteiger partial charge in [0.2, 0.25) is 5.91 Å². The van der Waals surface area contributed by atoms with Gasteiger partial charge in [-0.3, -0.25) is 9.59 Å². The van der Waals surface area contributed by atoms with E-state index >= 15 is 0 Å². The molecule has 1 amide bonds. The lowest BCUT2D eigenvalue weighted by molar-refractivity contribution is -0.120. The molecule has 34 heavy (non-hydrogen) atoms. The maximum atomic E-state index is 12.8. The zero-order valence-electron chi connectivity index (χ0n) is 18.7. The second kappa shape index (κ2) is 9.83. The van der Waals surface area contributed by atoms with Crippen molar-refractivity contribution in [3.63, 3.8) is 0 Å². The second-order valence-corrected chi connectivity index (χ2v) is 7.55. The molecule has 0 bridgehead atoms. The average Bonchev–Trinajstić information content (AvgIpc) is 3.11. The summed E-state index contributed by atoms with van der Waals surface area (Å²) in [5.74, 6) is 0.320. The number of hydrogen-bond donors (Lipinski definition) is 1. The summed E-state index contributed by atoms with van der Waals surface area (Å²) in [6.45, 7) is 0. The minimum absolute atomic E-state index is 0.0265. The van der Waals surface area contributed by atoms with Gasteiger partial charge in [0.05, 0.1) is 11.4 Å². The monoisotopic (exact) mass is 454 g/mol. The quantitative estimate of drug-likeness (QED) is 0.423. The summed E-state index contributed by atoms with van der Waals surface area (Å²) in [6.07, 6.45) is 3.03. The number of ether oxygens (including phenoxy) is 1. The van der Waals surface area contributed by atoms with Crippen molar-refractivity contribution in [3.05, 3.63) is 78.4 Å². The van der Waals surface area contributed by atoms with E-state index in [1.54, 1.807) is 42.7 Å². The van der Waals surface area contributed by atoms with Gasteiger partial charge in [0.25, 0.3) is 0 Å². The van der Waals surface area contributed by atoms with Crippen molar-refractivity contribution < 1.29 is 14.3 Å². The molecule has 1 aromatic heterocycles. The Balaban J connectivity index is 1.36. The molecule has 9 nitrogen and oxygen atoms in total. The van der Waals surface area contributed by atoms with Gasteiger partial charge in [0.1, 0.15) is 23.2 Å². The van der Waals surface area contributed by atoms with Gasteiger partial charge >= 0.3 is 6.01 Å². The lowest BCUT2D eigenvalue weighted by Crippen LogP contribution is -2.26. The molecule has 1 N–H and O–H groups in total.